The van der Waals surface area contributed by atoms with Crippen molar-refractivity contribution in [2.24, 2.45) is 5.41 Å². The van der Waals surface area contributed by atoms with Crippen molar-refractivity contribution in [1.29, 1.82) is 0 Å². The first-order chi connectivity index (χ1) is 9.30. The van der Waals surface area contributed by atoms with Gasteiger partial charge in [-0.05, 0) is 50.7 Å². The summed E-state index contributed by atoms with van der Waals surface area (Å²) in [6.45, 7) is 9.29. The highest BCUT2D eigenvalue weighted by atomic mass is 35.5. The van der Waals surface area contributed by atoms with Crippen LogP contribution >= 0.6 is 12.4 Å². The first kappa shape index (κ1) is 15.8. The molecule has 5 heteroatoms. The molecule has 1 aromatic rings. The van der Waals surface area contributed by atoms with Crippen LogP contribution in [-0.2, 0) is 13.1 Å². The van der Waals surface area contributed by atoms with Gasteiger partial charge in [-0.15, -0.1) is 12.4 Å². The molecule has 3 heterocycles. The third kappa shape index (κ3) is 3.54. The van der Waals surface area contributed by atoms with Gasteiger partial charge in [0.2, 0.25) is 0 Å². The number of halogens is 1. The molecular weight excluding hydrogens is 272 g/mol. The Hall–Kier alpha value is -0.580. The summed E-state index contributed by atoms with van der Waals surface area (Å²) >= 11 is 0. The summed E-state index contributed by atoms with van der Waals surface area (Å²) in [6, 6.07) is 0. The minimum absolute atomic E-state index is 0. The maximum atomic E-state index is 4.43. The summed E-state index contributed by atoms with van der Waals surface area (Å²) in [6.07, 6.45) is 9.52. The van der Waals surface area contributed by atoms with Crippen molar-refractivity contribution in [2.75, 3.05) is 26.2 Å². The van der Waals surface area contributed by atoms with Gasteiger partial charge in [-0.1, -0.05) is 6.92 Å². The molecule has 0 amide bonds. The van der Waals surface area contributed by atoms with Crippen LogP contribution in [0.3, 0.4) is 0 Å². The lowest BCUT2D eigenvalue weighted by molar-refractivity contribution is 0.194. The molecule has 0 unspecified atom stereocenters. The van der Waals surface area contributed by atoms with Crippen LogP contribution in [-0.4, -0.2) is 40.9 Å². The van der Waals surface area contributed by atoms with E-state index in [9.17, 15) is 0 Å². The van der Waals surface area contributed by atoms with Gasteiger partial charge in [0.05, 0.1) is 6.20 Å². The largest absolute Gasteiger partial charge is 0.317 e. The summed E-state index contributed by atoms with van der Waals surface area (Å²) in [4.78, 5) is 2.62. The highest BCUT2D eigenvalue weighted by Crippen LogP contribution is 2.38. The van der Waals surface area contributed by atoms with E-state index in [1.54, 1.807) is 0 Å². The lowest BCUT2D eigenvalue weighted by Gasteiger charge is -2.33. The smallest absolute Gasteiger partial charge is 0.0534 e. The Labute approximate surface area is 128 Å². The molecule has 2 aliphatic heterocycles. The van der Waals surface area contributed by atoms with Gasteiger partial charge < -0.3 is 5.32 Å². The molecule has 0 aliphatic carbocycles. The van der Waals surface area contributed by atoms with Crippen molar-refractivity contribution >= 4 is 12.4 Å². The molecule has 2 fully saturated rings. The number of likely N-dealkylation sites (tertiary alicyclic amines) is 1. The first-order valence-electron chi connectivity index (χ1n) is 7.74. The maximum absolute atomic E-state index is 4.43. The van der Waals surface area contributed by atoms with Crippen LogP contribution in [0, 0.1) is 5.41 Å². The predicted molar refractivity (Wildman–Crippen MR) is 84.2 cm³/mol. The Morgan fingerprint density at radius 2 is 2.10 bits per heavy atom. The number of nitrogens with zero attached hydrogens (tertiary/aromatic N) is 3. The van der Waals surface area contributed by atoms with E-state index in [1.165, 1.54) is 51.0 Å². The van der Waals surface area contributed by atoms with Gasteiger partial charge in [0, 0.05) is 31.4 Å². The summed E-state index contributed by atoms with van der Waals surface area (Å²) in [5, 5.41) is 7.92. The Bertz CT molecular complexity index is 412. The van der Waals surface area contributed by atoms with Crippen molar-refractivity contribution in [2.45, 2.75) is 45.7 Å². The van der Waals surface area contributed by atoms with Gasteiger partial charge in [0.1, 0.15) is 0 Å². The highest BCUT2D eigenvalue weighted by Gasteiger charge is 2.38. The lowest BCUT2D eigenvalue weighted by Crippen LogP contribution is -2.38. The zero-order valence-electron chi connectivity index (χ0n) is 12.5. The predicted octanol–water partition coefficient (Wildman–Crippen LogP) is 2.29. The van der Waals surface area contributed by atoms with E-state index in [0.717, 1.165) is 19.5 Å². The average Bonchev–Trinajstić information content (AvgIpc) is 3.00. The number of piperidine rings is 1. The van der Waals surface area contributed by atoms with Gasteiger partial charge in [-0.3, -0.25) is 9.58 Å². The SMILES string of the molecule is CCCn1cc(CN2CCC3(CCNCC3)C2)cn1.Cl. The number of rotatable bonds is 4. The Morgan fingerprint density at radius 3 is 2.85 bits per heavy atom. The third-order valence-electron chi connectivity index (χ3n) is 4.73. The van der Waals surface area contributed by atoms with Crippen molar-refractivity contribution in [3.8, 4) is 0 Å². The molecule has 0 saturated carbocycles. The van der Waals surface area contributed by atoms with E-state index >= 15 is 0 Å². The number of aromatic nitrogens is 2. The van der Waals surface area contributed by atoms with Crippen molar-refractivity contribution < 1.29 is 0 Å². The molecule has 0 aromatic carbocycles. The molecule has 20 heavy (non-hydrogen) atoms. The van der Waals surface area contributed by atoms with Gasteiger partial charge in [-0.2, -0.15) is 5.10 Å². The Kier molecular flexibility index (Phi) is 5.47. The van der Waals surface area contributed by atoms with Crippen LogP contribution < -0.4 is 5.32 Å². The van der Waals surface area contributed by atoms with Gasteiger partial charge in [0.15, 0.2) is 0 Å². The number of hydrogen-bond donors (Lipinski definition) is 1. The van der Waals surface area contributed by atoms with E-state index in [2.05, 4.69) is 33.1 Å². The molecule has 1 spiro atoms. The van der Waals surface area contributed by atoms with Gasteiger partial charge >= 0.3 is 0 Å². The minimum Gasteiger partial charge on any atom is -0.317 e. The fraction of sp³-hybridized carbons (Fsp3) is 0.800. The molecule has 0 atom stereocenters. The highest BCUT2D eigenvalue weighted by molar-refractivity contribution is 5.85. The zero-order chi connectivity index (χ0) is 13.1. The standard InChI is InChI=1S/C15H26N4.ClH/c1-2-8-19-12-14(10-17-19)11-18-9-5-15(13-18)3-6-16-7-4-15;/h10,12,16H,2-9,11,13H2,1H3;1H. The quantitative estimate of drug-likeness (QED) is 0.926. The monoisotopic (exact) mass is 298 g/mol. The van der Waals surface area contributed by atoms with Crippen LogP contribution in [0.15, 0.2) is 12.4 Å². The maximum Gasteiger partial charge on any atom is 0.0534 e. The second-order valence-corrected chi connectivity index (χ2v) is 6.32. The number of nitrogens with one attached hydrogen (secondary N) is 1. The zero-order valence-corrected chi connectivity index (χ0v) is 13.3. The van der Waals surface area contributed by atoms with Crippen molar-refractivity contribution in [3.63, 3.8) is 0 Å². The number of aryl methyl sites for hydroxylation is 1. The normalized spacial score (nSPS) is 22.1. The van der Waals surface area contributed by atoms with Crippen LogP contribution in [0.5, 0.6) is 0 Å². The molecule has 3 rings (SSSR count). The van der Waals surface area contributed by atoms with E-state index < -0.39 is 0 Å². The second kappa shape index (κ2) is 6.92. The van der Waals surface area contributed by atoms with E-state index in [4.69, 9.17) is 0 Å². The molecule has 0 radical (unpaired) electrons. The van der Waals surface area contributed by atoms with E-state index in [1.807, 2.05) is 6.20 Å². The Morgan fingerprint density at radius 1 is 1.30 bits per heavy atom. The number of hydrogen-bond acceptors (Lipinski definition) is 3. The van der Waals surface area contributed by atoms with Crippen LogP contribution in [0.2, 0.25) is 0 Å². The fourth-order valence-corrected chi connectivity index (χ4v) is 3.63. The van der Waals surface area contributed by atoms with E-state index in [0.29, 0.717) is 5.41 Å². The van der Waals surface area contributed by atoms with Crippen LogP contribution in [0.4, 0.5) is 0 Å². The summed E-state index contributed by atoms with van der Waals surface area (Å²) in [5.41, 5.74) is 1.99. The molecule has 1 aromatic heterocycles. The molecule has 0 bridgehead atoms. The topological polar surface area (TPSA) is 33.1 Å². The molecular formula is C15H27ClN4. The molecule has 114 valence electrons. The minimum atomic E-state index is 0. The van der Waals surface area contributed by atoms with Crippen molar-refractivity contribution in [3.05, 3.63) is 18.0 Å². The van der Waals surface area contributed by atoms with Gasteiger partial charge in [-0.25, -0.2) is 0 Å². The lowest BCUT2D eigenvalue weighted by atomic mass is 9.78. The second-order valence-electron chi connectivity index (χ2n) is 6.32. The van der Waals surface area contributed by atoms with E-state index in [-0.39, 0.29) is 12.4 Å². The fourth-order valence-electron chi connectivity index (χ4n) is 3.63. The molecule has 2 saturated heterocycles. The van der Waals surface area contributed by atoms with Gasteiger partial charge in [0.25, 0.3) is 0 Å². The molecule has 2 aliphatic rings. The third-order valence-corrected chi connectivity index (χ3v) is 4.73. The molecule has 4 nitrogen and oxygen atoms in total. The summed E-state index contributed by atoms with van der Waals surface area (Å²) in [5.74, 6) is 0. The van der Waals surface area contributed by atoms with Crippen molar-refractivity contribution in [1.82, 2.24) is 20.0 Å². The molecule has 1 N–H and O–H groups in total. The Balaban J connectivity index is 0.00000147. The van der Waals surface area contributed by atoms with Crippen LogP contribution in [0.1, 0.15) is 38.2 Å². The summed E-state index contributed by atoms with van der Waals surface area (Å²) in [7, 11) is 0. The summed E-state index contributed by atoms with van der Waals surface area (Å²) < 4.78 is 2.08. The average molecular weight is 299 g/mol. The van der Waals surface area contributed by atoms with Crippen LogP contribution in [0.25, 0.3) is 0 Å². The first-order valence-corrected chi connectivity index (χ1v) is 7.74.